The van der Waals surface area contributed by atoms with E-state index in [1.165, 1.54) is 11.3 Å². The van der Waals surface area contributed by atoms with Crippen LogP contribution < -0.4 is 10.6 Å². The van der Waals surface area contributed by atoms with E-state index in [0.29, 0.717) is 18.3 Å². The molecular formula is C16H16N4OS. The van der Waals surface area contributed by atoms with Gasteiger partial charge in [-0.3, -0.25) is 0 Å². The number of aromatic nitrogens is 2. The van der Waals surface area contributed by atoms with E-state index in [9.17, 15) is 0 Å². The molecule has 0 fully saturated rings. The third-order valence-electron chi connectivity index (χ3n) is 3.92. The van der Waals surface area contributed by atoms with E-state index >= 15 is 0 Å². The predicted octanol–water partition coefficient (Wildman–Crippen LogP) is 3.33. The summed E-state index contributed by atoms with van der Waals surface area (Å²) in [6.07, 6.45) is 2.12. The Balaban J connectivity index is 1.59. The molecule has 0 saturated heterocycles. The Hall–Kier alpha value is -2.34. The standard InChI is InChI=1S/C16H16N4OS/c17-12-5-1-6-13-11(12)4-2-8-20(13)10-15-18-16(19-21-15)14-7-3-9-22-14/h1,3,5-7,9H,2,4,8,10,17H2. The van der Waals surface area contributed by atoms with Gasteiger partial charge in [-0.1, -0.05) is 17.3 Å². The molecule has 112 valence electrons. The molecule has 1 aromatic carbocycles. The summed E-state index contributed by atoms with van der Waals surface area (Å²) in [5, 5.41) is 6.08. The second-order valence-electron chi connectivity index (χ2n) is 5.36. The van der Waals surface area contributed by atoms with Crippen molar-refractivity contribution in [3.8, 4) is 10.7 Å². The van der Waals surface area contributed by atoms with Crippen LogP contribution in [0.1, 0.15) is 17.9 Å². The molecule has 0 bridgehead atoms. The summed E-state index contributed by atoms with van der Waals surface area (Å²) in [6.45, 7) is 1.60. The zero-order chi connectivity index (χ0) is 14.9. The lowest BCUT2D eigenvalue weighted by molar-refractivity contribution is 0.375. The number of hydrogen-bond acceptors (Lipinski definition) is 6. The maximum absolute atomic E-state index is 6.09. The molecule has 0 radical (unpaired) electrons. The average Bonchev–Trinajstić information content (AvgIpc) is 3.19. The van der Waals surface area contributed by atoms with Crippen LogP contribution in [0, 0.1) is 0 Å². The van der Waals surface area contributed by atoms with Gasteiger partial charge in [0.05, 0.1) is 11.4 Å². The molecule has 2 aromatic heterocycles. The first-order chi connectivity index (χ1) is 10.8. The number of nitrogens with two attached hydrogens (primary N) is 1. The van der Waals surface area contributed by atoms with Crippen molar-refractivity contribution in [3.05, 3.63) is 47.2 Å². The second-order valence-corrected chi connectivity index (χ2v) is 6.31. The van der Waals surface area contributed by atoms with Gasteiger partial charge in [0.2, 0.25) is 11.7 Å². The van der Waals surface area contributed by atoms with Crippen molar-refractivity contribution < 1.29 is 4.52 Å². The van der Waals surface area contributed by atoms with E-state index in [2.05, 4.69) is 21.1 Å². The number of benzene rings is 1. The molecule has 1 aliphatic heterocycles. The van der Waals surface area contributed by atoms with Gasteiger partial charge >= 0.3 is 0 Å². The molecule has 0 spiro atoms. The molecule has 0 unspecified atom stereocenters. The number of nitrogens with zero attached hydrogens (tertiary/aromatic N) is 3. The SMILES string of the molecule is Nc1cccc2c1CCCN2Cc1nc(-c2cccs2)no1. The third-order valence-corrected chi connectivity index (χ3v) is 4.78. The number of anilines is 2. The Morgan fingerprint density at radius 1 is 1.27 bits per heavy atom. The largest absolute Gasteiger partial charge is 0.398 e. The van der Waals surface area contributed by atoms with Crippen molar-refractivity contribution in [1.29, 1.82) is 0 Å². The van der Waals surface area contributed by atoms with E-state index < -0.39 is 0 Å². The number of fused-ring (bicyclic) bond motifs is 1. The molecule has 0 atom stereocenters. The molecule has 1 aliphatic rings. The van der Waals surface area contributed by atoms with Gasteiger partial charge in [0.25, 0.3) is 0 Å². The molecule has 2 N–H and O–H groups in total. The van der Waals surface area contributed by atoms with Crippen molar-refractivity contribution in [2.45, 2.75) is 19.4 Å². The van der Waals surface area contributed by atoms with E-state index in [4.69, 9.17) is 10.3 Å². The number of hydrogen-bond donors (Lipinski definition) is 1. The highest BCUT2D eigenvalue weighted by Gasteiger charge is 2.21. The van der Waals surface area contributed by atoms with Crippen molar-refractivity contribution in [2.75, 3.05) is 17.2 Å². The highest BCUT2D eigenvalue weighted by atomic mass is 32.1. The Morgan fingerprint density at radius 2 is 2.23 bits per heavy atom. The van der Waals surface area contributed by atoms with Crippen LogP contribution in [0.25, 0.3) is 10.7 Å². The van der Waals surface area contributed by atoms with Crippen LogP contribution in [-0.4, -0.2) is 16.7 Å². The maximum Gasteiger partial charge on any atom is 0.246 e. The molecule has 6 heteroatoms. The molecule has 5 nitrogen and oxygen atoms in total. The first-order valence-corrected chi connectivity index (χ1v) is 8.18. The Bertz CT molecular complexity index is 781. The summed E-state index contributed by atoms with van der Waals surface area (Å²) in [4.78, 5) is 7.79. The highest BCUT2D eigenvalue weighted by Crippen LogP contribution is 2.32. The smallest absolute Gasteiger partial charge is 0.246 e. The second kappa shape index (κ2) is 5.46. The normalized spacial score (nSPS) is 14.1. The lowest BCUT2D eigenvalue weighted by Gasteiger charge is -2.30. The zero-order valence-electron chi connectivity index (χ0n) is 12.0. The molecular weight excluding hydrogens is 296 g/mol. The van der Waals surface area contributed by atoms with Crippen LogP contribution >= 0.6 is 11.3 Å². The molecule has 3 aromatic rings. The lowest BCUT2D eigenvalue weighted by Crippen LogP contribution is -2.29. The summed E-state index contributed by atoms with van der Waals surface area (Å²) < 4.78 is 5.41. The van der Waals surface area contributed by atoms with Crippen LogP contribution in [0.3, 0.4) is 0 Å². The summed E-state index contributed by atoms with van der Waals surface area (Å²) in [7, 11) is 0. The van der Waals surface area contributed by atoms with Gasteiger partial charge in [-0.05, 0) is 42.0 Å². The fourth-order valence-electron chi connectivity index (χ4n) is 2.88. The topological polar surface area (TPSA) is 68.2 Å². The Labute approximate surface area is 132 Å². The minimum atomic E-state index is 0.620. The van der Waals surface area contributed by atoms with Crippen LogP contribution in [-0.2, 0) is 13.0 Å². The molecule has 3 heterocycles. The first-order valence-electron chi connectivity index (χ1n) is 7.30. The van der Waals surface area contributed by atoms with Crippen molar-refractivity contribution in [1.82, 2.24) is 10.1 Å². The van der Waals surface area contributed by atoms with Gasteiger partial charge in [-0.25, -0.2) is 0 Å². The monoisotopic (exact) mass is 312 g/mol. The van der Waals surface area contributed by atoms with Gasteiger partial charge < -0.3 is 15.2 Å². The van der Waals surface area contributed by atoms with E-state index in [-0.39, 0.29) is 0 Å². The minimum absolute atomic E-state index is 0.620. The van der Waals surface area contributed by atoms with Crippen molar-refractivity contribution in [2.24, 2.45) is 0 Å². The van der Waals surface area contributed by atoms with Gasteiger partial charge in [0.1, 0.15) is 0 Å². The summed E-state index contributed by atoms with van der Waals surface area (Å²) in [6, 6.07) is 10.1. The summed E-state index contributed by atoms with van der Waals surface area (Å²) >= 11 is 1.61. The molecule has 0 saturated carbocycles. The third kappa shape index (κ3) is 2.35. The van der Waals surface area contributed by atoms with E-state index in [1.54, 1.807) is 11.3 Å². The number of rotatable bonds is 3. The van der Waals surface area contributed by atoms with E-state index in [0.717, 1.165) is 30.0 Å². The van der Waals surface area contributed by atoms with Gasteiger partial charge in [0.15, 0.2) is 0 Å². The van der Waals surface area contributed by atoms with Crippen LogP contribution in [0.2, 0.25) is 0 Å². The number of thiophene rings is 1. The van der Waals surface area contributed by atoms with Crippen molar-refractivity contribution >= 4 is 22.7 Å². The first kappa shape index (κ1) is 13.3. The van der Waals surface area contributed by atoms with Crippen LogP contribution in [0.15, 0.2) is 40.2 Å². The Kier molecular flexibility index (Phi) is 3.31. The quantitative estimate of drug-likeness (QED) is 0.751. The lowest BCUT2D eigenvalue weighted by atomic mass is 10.00. The van der Waals surface area contributed by atoms with Crippen LogP contribution in [0.5, 0.6) is 0 Å². The fourth-order valence-corrected chi connectivity index (χ4v) is 3.53. The number of nitrogen functional groups attached to an aromatic ring is 1. The summed E-state index contributed by atoms with van der Waals surface area (Å²) in [5.41, 5.74) is 9.37. The molecule has 4 rings (SSSR count). The zero-order valence-corrected chi connectivity index (χ0v) is 12.8. The van der Waals surface area contributed by atoms with Crippen molar-refractivity contribution in [3.63, 3.8) is 0 Å². The molecule has 22 heavy (non-hydrogen) atoms. The minimum Gasteiger partial charge on any atom is -0.398 e. The molecule has 0 amide bonds. The van der Waals surface area contributed by atoms with Gasteiger partial charge in [-0.15, -0.1) is 11.3 Å². The Morgan fingerprint density at radius 3 is 3.09 bits per heavy atom. The fraction of sp³-hybridized carbons (Fsp3) is 0.250. The maximum atomic E-state index is 6.09. The van der Waals surface area contributed by atoms with Gasteiger partial charge in [0, 0.05) is 17.9 Å². The molecule has 0 aliphatic carbocycles. The summed E-state index contributed by atoms with van der Waals surface area (Å²) in [5.74, 6) is 1.30. The van der Waals surface area contributed by atoms with Crippen LogP contribution in [0.4, 0.5) is 11.4 Å². The van der Waals surface area contributed by atoms with Gasteiger partial charge in [-0.2, -0.15) is 4.98 Å². The highest BCUT2D eigenvalue weighted by molar-refractivity contribution is 7.13. The predicted molar refractivity (Wildman–Crippen MR) is 87.8 cm³/mol. The van der Waals surface area contributed by atoms with E-state index in [1.807, 2.05) is 29.6 Å². The average molecular weight is 312 g/mol.